The van der Waals surface area contributed by atoms with Crippen LogP contribution < -0.4 is 15.1 Å². The lowest BCUT2D eigenvalue weighted by molar-refractivity contribution is -0.125. The number of ether oxygens (including phenoxy) is 1. The van der Waals surface area contributed by atoms with E-state index in [1.54, 1.807) is 6.20 Å². The van der Waals surface area contributed by atoms with E-state index in [4.69, 9.17) is 4.74 Å². The minimum absolute atomic E-state index is 0.0710. The molecule has 0 radical (unpaired) electrons. The van der Waals surface area contributed by atoms with Crippen LogP contribution in [-0.2, 0) is 16.1 Å². The molecule has 0 atom stereocenters. The number of hydrogen-bond donors (Lipinski definition) is 2. The van der Waals surface area contributed by atoms with Gasteiger partial charge >= 0.3 is 0 Å². The highest BCUT2D eigenvalue weighted by Gasteiger charge is 2.36. The minimum Gasteiger partial charge on any atom is -0.390 e. The zero-order valence-electron chi connectivity index (χ0n) is 18.0. The van der Waals surface area contributed by atoms with Crippen LogP contribution >= 0.6 is 0 Å². The van der Waals surface area contributed by atoms with Crippen molar-refractivity contribution in [2.24, 2.45) is 5.92 Å². The maximum atomic E-state index is 13.7. The summed E-state index contributed by atoms with van der Waals surface area (Å²) in [6.07, 6.45) is 4.53. The van der Waals surface area contributed by atoms with Crippen molar-refractivity contribution in [3.63, 3.8) is 0 Å². The van der Waals surface area contributed by atoms with Crippen LogP contribution in [0.1, 0.15) is 38.2 Å². The van der Waals surface area contributed by atoms with Crippen molar-refractivity contribution >= 4 is 28.8 Å². The molecule has 2 N–H and O–H groups in total. The van der Waals surface area contributed by atoms with Crippen molar-refractivity contribution in [2.75, 3.05) is 41.4 Å². The van der Waals surface area contributed by atoms with Crippen LogP contribution in [0.3, 0.4) is 0 Å². The molecule has 1 aliphatic carbocycles. The van der Waals surface area contributed by atoms with Gasteiger partial charge in [0.15, 0.2) is 0 Å². The molecule has 0 spiro atoms. The number of rotatable bonds is 2. The maximum Gasteiger partial charge on any atom is 0.230 e. The van der Waals surface area contributed by atoms with E-state index >= 15 is 0 Å². The Morgan fingerprint density at radius 2 is 2.00 bits per heavy atom. The normalized spacial score (nSPS) is 25.8. The van der Waals surface area contributed by atoms with E-state index in [0.29, 0.717) is 32.2 Å². The van der Waals surface area contributed by atoms with Gasteiger partial charge in [0.05, 0.1) is 36.7 Å². The Kier molecular flexibility index (Phi) is 5.32. The summed E-state index contributed by atoms with van der Waals surface area (Å²) >= 11 is 0. The highest BCUT2D eigenvalue weighted by atomic mass is 16.5. The number of nitrogens with zero attached hydrogens (tertiary/aromatic N) is 3. The molecular formula is C24H30N4O3. The molecule has 3 heterocycles. The predicted molar refractivity (Wildman–Crippen MR) is 121 cm³/mol. The molecule has 1 aromatic heterocycles. The minimum atomic E-state index is -0.658. The first-order chi connectivity index (χ1) is 15.0. The molecule has 0 bridgehead atoms. The lowest BCUT2D eigenvalue weighted by Crippen LogP contribution is -2.40. The third-order valence-electron chi connectivity index (χ3n) is 6.80. The number of pyridine rings is 1. The van der Waals surface area contributed by atoms with Gasteiger partial charge in [-0.05, 0) is 56.9 Å². The van der Waals surface area contributed by atoms with Gasteiger partial charge in [-0.15, -0.1) is 0 Å². The van der Waals surface area contributed by atoms with Crippen molar-refractivity contribution in [1.29, 1.82) is 0 Å². The molecule has 31 heavy (non-hydrogen) atoms. The number of aromatic nitrogens is 1. The summed E-state index contributed by atoms with van der Waals surface area (Å²) in [5.41, 5.74) is 3.24. The van der Waals surface area contributed by atoms with Crippen LogP contribution in [0.5, 0.6) is 0 Å². The number of hydrogen-bond acceptors (Lipinski definition) is 6. The monoisotopic (exact) mass is 422 g/mol. The predicted octanol–water partition coefficient (Wildman–Crippen LogP) is 3.45. The summed E-state index contributed by atoms with van der Waals surface area (Å²) in [6, 6.07) is 10.2. The lowest BCUT2D eigenvalue weighted by Gasteiger charge is -2.35. The van der Waals surface area contributed by atoms with Crippen molar-refractivity contribution in [3.8, 4) is 0 Å². The highest BCUT2D eigenvalue weighted by molar-refractivity contribution is 6.00. The van der Waals surface area contributed by atoms with Gasteiger partial charge < -0.3 is 25.0 Å². The maximum absolute atomic E-state index is 13.7. The first kappa shape index (κ1) is 20.3. The van der Waals surface area contributed by atoms with Gasteiger partial charge in [-0.2, -0.15) is 0 Å². The van der Waals surface area contributed by atoms with Crippen LogP contribution in [0.4, 0.5) is 22.9 Å². The van der Waals surface area contributed by atoms with Crippen LogP contribution in [0, 0.1) is 5.92 Å². The third-order valence-corrected chi connectivity index (χ3v) is 6.80. The molecule has 7 nitrogen and oxygen atoms in total. The topological polar surface area (TPSA) is 77.9 Å². The third kappa shape index (κ3) is 4.12. The number of fused-ring (bicyclic) bond motifs is 2. The summed E-state index contributed by atoms with van der Waals surface area (Å²) in [5, 5.41) is 13.8. The fourth-order valence-corrected chi connectivity index (χ4v) is 4.83. The van der Waals surface area contributed by atoms with Crippen molar-refractivity contribution in [2.45, 2.75) is 44.8 Å². The number of morpholine rings is 1. The molecule has 2 aromatic rings. The van der Waals surface area contributed by atoms with E-state index in [9.17, 15) is 9.90 Å². The van der Waals surface area contributed by atoms with Gasteiger partial charge in [0, 0.05) is 36.5 Å². The van der Waals surface area contributed by atoms with E-state index < -0.39 is 5.60 Å². The van der Waals surface area contributed by atoms with Crippen molar-refractivity contribution in [3.05, 3.63) is 42.1 Å². The second-order valence-electron chi connectivity index (χ2n) is 9.13. The van der Waals surface area contributed by atoms with E-state index in [1.807, 2.05) is 24.0 Å². The fourth-order valence-electron chi connectivity index (χ4n) is 4.83. The average molecular weight is 423 g/mol. The Morgan fingerprint density at radius 1 is 1.23 bits per heavy atom. The Labute approximate surface area is 183 Å². The zero-order chi connectivity index (χ0) is 21.4. The molecule has 5 rings (SSSR count). The summed E-state index contributed by atoms with van der Waals surface area (Å²) in [6.45, 7) is 5.49. The average Bonchev–Trinajstić information content (AvgIpc) is 2.95. The van der Waals surface area contributed by atoms with Crippen molar-refractivity contribution < 1.29 is 14.6 Å². The standard InChI is InChI=1S/C24H30N4O3/c1-24(30)8-6-17(7-9-24)23(29)28-16-18-3-2-10-25-22(18)26-20-5-4-19(15-21(20)28)27-11-13-31-14-12-27/h2-5,10,15,17,30H,6-9,11-14,16H2,1H3,(H,25,26). The molecule has 7 heteroatoms. The molecule has 0 unspecified atom stereocenters. The van der Waals surface area contributed by atoms with E-state index in [-0.39, 0.29) is 11.8 Å². The molecule has 3 aliphatic rings. The molecule has 1 saturated heterocycles. The second kappa shape index (κ2) is 8.13. The smallest absolute Gasteiger partial charge is 0.230 e. The molecule has 164 valence electrons. The summed E-state index contributed by atoms with van der Waals surface area (Å²) in [4.78, 5) is 22.5. The zero-order valence-corrected chi connectivity index (χ0v) is 18.0. The van der Waals surface area contributed by atoms with Crippen molar-refractivity contribution in [1.82, 2.24) is 4.98 Å². The number of anilines is 4. The molecule has 1 aromatic carbocycles. The molecular weight excluding hydrogens is 392 g/mol. The largest absolute Gasteiger partial charge is 0.390 e. The van der Waals surface area contributed by atoms with Gasteiger partial charge in [0.25, 0.3) is 0 Å². The molecule has 1 amide bonds. The molecule has 2 fully saturated rings. The fraction of sp³-hybridized carbons (Fsp3) is 0.500. The van der Waals surface area contributed by atoms with Crippen LogP contribution in [0.2, 0.25) is 0 Å². The Hall–Kier alpha value is -2.64. The van der Waals surface area contributed by atoms with Gasteiger partial charge in [-0.1, -0.05) is 6.07 Å². The number of carbonyl (C=O) groups excluding carboxylic acids is 1. The first-order valence-corrected chi connectivity index (χ1v) is 11.2. The molecule has 2 aliphatic heterocycles. The summed E-state index contributed by atoms with van der Waals surface area (Å²) in [5.74, 6) is 0.859. The number of aliphatic hydroxyl groups is 1. The van der Waals surface area contributed by atoms with Gasteiger partial charge in [-0.25, -0.2) is 4.98 Å². The van der Waals surface area contributed by atoms with Gasteiger partial charge in [0.1, 0.15) is 5.82 Å². The number of nitrogens with one attached hydrogen (secondary N) is 1. The van der Waals surface area contributed by atoms with Gasteiger partial charge in [0.2, 0.25) is 5.91 Å². The Morgan fingerprint density at radius 3 is 2.77 bits per heavy atom. The lowest BCUT2D eigenvalue weighted by atomic mass is 9.79. The first-order valence-electron chi connectivity index (χ1n) is 11.2. The van der Waals surface area contributed by atoms with Crippen LogP contribution in [-0.4, -0.2) is 47.9 Å². The second-order valence-corrected chi connectivity index (χ2v) is 9.13. The van der Waals surface area contributed by atoms with Crippen LogP contribution in [0.15, 0.2) is 36.5 Å². The summed E-state index contributed by atoms with van der Waals surface area (Å²) < 4.78 is 5.50. The number of carbonyl (C=O) groups is 1. The Balaban J connectivity index is 1.50. The Bertz CT molecular complexity index is 961. The number of benzene rings is 1. The summed E-state index contributed by atoms with van der Waals surface area (Å²) in [7, 11) is 0. The SMILES string of the molecule is CC1(O)CCC(C(=O)N2Cc3cccnc3Nc3ccc(N4CCOCC4)cc32)CC1. The molecule has 1 saturated carbocycles. The van der Waals surface area contributed by atoms with E-state index in [2.05, 4.69) is 33.4 Å². The quantitative estimate of drug-likeness (QED) is 0.772. The van der Waals surface area contributed by atoms with E-state index in [1.165, 1.54) is 0 Å². The highest BCUT2D eigenvalue weighted by Crippen LogP contribution is 2.40. The number of amides is 1. The van der Waals surface area contributed by atoms with E-state index in [0.717, 1.165) is 54.7 Å². The van der Waals surface area contributed by atoms with Crippen LogP contribution in [0.25, 0.3) is 0 Å². The van der Waals surface area contributed by atoms with Gasteiger partial charge in [-0.3, -0.25) is 4.79 Å².